The number of carbonyl (C=O) groups excluding carboxylic acids is 1. The number of nitro benzene ring substituents is 1. The van der Waals surface area contributed by atoms with Crippen molar-refractivity contribution in [3.63, 3.8) is 0 Å². The summed E-state index contributed by atoms with van der Waals surface area (Å²) in [5.74, 6) is 0.137. The van der Waals surface area contributed by atoms with Crippen molar-refractivity contribution in [2.24, 2.45) is 4.99 Å². The molecular weight excluding hydrogens is 328 g/mol. The van der Waals surface area contributed by atoms with Crippen molar-refractivity contribution in [1.82, 2.24) is 0 Å². The number of hydrogen-bond donors (Lipinski definition) is 0. The summed E-state index contributed by atoms with van der Waals surface area (Å²) in [5, 5.41) is 11.3. The van der Waals surface area contributed by atoms with Gasteiger partial charge < -0.3 is 14.2 Å². The van der Waals surface area contributed by atoms with Gasteiger partial charge in [-0.1, -0.05) is 18.2 Å². The van der Waals surface area contributed by atoms with Crippen LogP contribution in [-0.2, 0) is 9.53 Å². The maximum absolute atomic E-state index is 12.0. The highest BCUT2D eigenvalue weighted by Gasteiger charge is 2.27. The fourth-order valence-corrected chi connectivity index (χ4v) is 2.48. The number of aliphatic imine (C=N–C) groups is 1. The van der Waals surface area contributed by atoms with E-state index in [0.717, 1.165) is 0 Å². The van der Waals surface area contributed by atoms with Crippen LogP contribution < -0.4 is 9.47 Å². The van der Waals surface area contributed by atoms with Crippen LogP contribution in [0.15, 0.2) is 53.2 Å². The van der Waals surface area contributed by atoms with Gasteiger partial charge in [0.2, 0.25) is 12.7 Å². The van der Waals surface area contributed by atoms with Crippen LogP contribution in [-0.4, -0.2) is 23.6 Å². The quantitative estimate of drug-likeness (QED) is 0.369. The summed E-state index contributed by atoms with van der Waals surface area (Å²) >= 11 is 0. The van der Waals surface area contributed by atoms with E-state index in [1.807, 2.05) is 6.07 Å². The number of nitrogens with zero attached hydrogens (tertiary/aromatic N) is 2. The van der Waals surface area contributed by atoms with Crippen molar-refractivity contribution in [3.05, 3.63) is 69.4 Å². The molecule has 0 bridgehead atoms. The van der Waals surface area contributed by atoms with Gasteiger partial charge in [-0.25, -0.2) is 9.79 Å². The molecule has 0 unspecified atom stereocenters. The summed E-state index contributed by atoms with van der Waals surface area (Å²) in [4.78, 5) is 26.9. The molecule has 0 fully saturated rings. The van der Waals surface area contributed by atoms with E-state index in [1.165, 1.54) is 18.2 Å². The standard InChI is InChI=1S/C17H10N2O6/c20-17-12(18-16(25-17)10-4-2-1-3-5-10)6-11-7-14-15(24-9-23-14)8-13(11)19(21)22/h1-8H,9H2/b12-6+. The lowest BCUT2D eigenvalue weighted by molar-refractivity contribution is -0.385. The summed E-state index contributed by atoms with van der Waals surface area (Å²) in [6.45, 7) is -0.00907. The lowest BCUT2D eigenvalue weighted by Gasteiger charge is -2.01. The SMILES string of the molecule is O=C1OC(c2ccccc2)=N/C1=C/c1cc2c(cc1[N+](=O)[O-])OCO2. The lowest BCUT2D eigenvalue weighted by Crippen LogP contribution is -2.05. The fourth-order valence-electron chi connectivity index (χ4n) is 2.48. The molecule has 0 amide bonds. The van der Waals surface area contributed by atoms with E-state index >= 15 is 0 Å². The predicted molar refractivity (Wildman–Crippen MR) is 86.3 cm³/mol. The van der Waals surface area contributed by atoms with E-state index in [2.05, 4.69) is 4.99 Å². The van der Waals surface area contributed by atoms with Gasteiger partial charge in [0, 0.05) is 5.56 Å². The zero-order valence-corrected chi connectivity index (χ0v) is 12.7. The van der Waals surface area contributed by atoms with E-state index < -0.39 is 10.9 Å². The third-order valence-electron chi connectivity index (χ3n) is 3.65. The molecule has 8 nitrogen and oxygen atoms in total. The summed E-state index contributed by atoms with van der Waals surface area (Å²) in [7, 11) is 0. The Morgan fingerprint density at radius 3 is 2.56 bits per heavy atom. The first kappa shape index (κ1) is 14.9. The molecule has 0 aliphatic carbocycles. The molecule has 0 saturated carbocycles. The number of nitro groups is 1. The first-order chi connectivity index (χ1) is 12.1. The fraction of sp³-hybridized carbons (Fsp3) is 0.0588. The minimum atomic E-state index is -0.675. The second-order valence-corrected chi connectivity index (χ2v) is 5.22. The largest absolute Gasteiger partial charge is 0.454 e. The van der Waals surface area contributed by atoms with Crippen LogP contribution in [0.5, 0.6) is 11.5 Å². The molecule has 0 radical (unpaired) electrons. The second kappa shape index (κ2) is 5.75. The Kier molecular flexibility index (Phi) is 3.42. The van der Waals surface area contributed by atoms with Crippen LogP contribution in [0, 0.1) is 10.1 Å². The lowest BCUT2D eigenvalue weighted by atomic mass is 10.1. The predicted octanol–water partition coefficient (Wildman–Crippen LogP) is 2.67. The van der Waals surface area contributed by atoms with E-state index in [1.54, 1.807) is 24.3 Å². The Balaban J connectivity index is 1.77. The van der Waals surface area contributed by atoms with Crippen molar-refractivity contribution in [2.45, 2.75) is 0 Å². The number of carbonyl (C=O) groups is 1. The van der Waals surface area contributed by atoms with Crippen LogP contribution in [0.1, 0.15) is 11.1 Å². The first-order valence-corrected chi connectivity index (χ1v) is 7.28. The minimum absolute atomic E-state index is 0.00907. The van der Waals surface area contributed by atoms with Gasteiger partial charge in [-0.05, 0) is 24.3 Å². The highest BCUT2D eigenvalue weighted by Crippen LogP contribution is 2.39. The molecule has 0 N–H and O–H groups in total. The number of benzene rings is 2. The van der Waals surface area contributed by atoms with Gasteiger partial charge in [-0.3, -0.25) is 10.1 Å². The Labute approximate surface area is 141 Å². The first-order valence-electron chi connectivity index (χ1n) is 7.28. The van der Waals surface area contributed by atoms with E-state index in [4.69, 9.17) is 14.2 Å². The number of hydrogen-bond acceptors (Lipinski definition) is 7. The average Bonchev–Trinajstić information content (AvgIpc) is 3.21. The van der Waals surface area contributed by atoms with Crippen LogP contribution in [0.4, 0.5) is 5.69 Å². The van der Waals surface area contributed by atoms with Crippen LogP contribution in [0.25, 0.3) is 6.08 Å². The smallest absolute Gasteiger partial charge is 0.363 e. The zero-order chi connectivity index (χ0) is 17.4. The van der Waals surface area contributed by atoms with Gasteiger partial charge in [0.25, 0.3) is 5.69 Å². The van der Waals surface area contributed by atoms with E-state index in [9.17, 15) is 14.9 Å². The number of cyclic esters (lactones) is 1. The molecule has 4 rings (SSSR count). The third kappa shape index (κ3) is 2.69. The van der Waals surface area contributed by atoms with Gasteiger partial charge >= 0.3 is 5.97 Å². The average molecular weight is 338 g/mol. The molecule has 0 aromatic heterocycles. The molecule has 2 aromatic carbocycles. The van der Waals surface area contributed by atoms with Gasteiger partial charge in [-0.2, -0.15) is 0 Å². The Morgan fingerprint density at radius 2 is 1.84 bits per heavy atom. The van der Waals surface area contributed by atoms with Gasteiger partial charge in [0.05, 0.1) is 16.6 Å². The molecule has 0 spiro atoms. The van der Waals surface area contributed by atoms with Crippen LogP contribution in [0.3, 0.4) is 0 Å². The Morgan fingerprint density at radius 1 is 1.12 bits per heavy atom. The van der Waals surface area contributed by atoms with Gasteiger partial charge in [0.15, 0.2) is 17.2 Å². The Bertz CT molecular complexity index is 949. The maximum Gasteiger partial charge on any atom is 0.363 e. The van der Waals surface area contributed by atoms with Crippen LogP contribution in [0.2, 0.25) is 0 Å². The molecule has 8 heteroatoms. The normalized spacial score (nSPS) is 16.7. The molecule has 2 heterocycles. The molecule has 2 aliphatic rings. The monoisotopic (exact) mass is 338 g/mol. The van der Waals surface area contributed by atoms with E-state index in [0.29, 0.717) is 11.3 Å². The number of rotatable bonds is 3. The molecule has 0 atom stereocenters. The van der Waals surface area contributed by atoms with Gasteiger partial charge in [-0.15, -0.1) is 0 Å². The number of esters is 1. The molecule has 124 valence electrons. The third-order valence-corrected chi connectivity index (χ3v) is 3.65. The minimum Gasteiger partial charge on any atom is -0.454 e. The molecule has 2 aromatic rings. The number of fused-ring (bicyclic) bond motifs is 1. The molecule has 25 heavy (non-hydrogen) atoms. The zero-order valence-electron chi connectivity index (χ0n) is 12.7. The van der Waals surface area contributed by atoms with Crippen molar-refractivity contribution in [1.29, 1.82) is 0 Å². The topological polar surface area (TPSA) is 100 Å². The van der Waals surface area contributed by atoms with Crippen LogP contribution >= 0.6 is 0 Å². The highest BCUT2D eigenvalue weighted by molar-refractivity contribution is 6.13. The van der Waals surface area contributed by atoms with Gasteiger partial charge in [0.1, 0.15) is 0 Å². The molecular formula is C17H10N2O6. The summed E-state index contributed by atoms with van der Waals surface area (Å²) in [6.07, 6.45) is 1.30. The Hall–Kier alpha value is -3.68. The summed E-state index contributed by atoms with van der Waals surface area (Å²) < 4.78 is 15.5. The maximum atomic E-state index is 12.0. The van der Waals surface area contributed by atoms with Crippen molar-refractivity contribution in [3.8, 4) is 11.5 Å². The summed E-state index contributed by atoms with van der Waals surface area (Å²) in [6, 6.07) is 11.6. The number of ether oxygens (including phenoxy) is 3. The highest BCUT2D eigenvalue weighted by atomic mass is 16.7. The second-order valence-electron chi connectivity index (χ2n) is 5.22. The van der Waals surface area contributed by atoms with Crippen molar-refractivity contribution < 1.29 is 23.9 Å². The van der Waals surface area contributed by atoms with Crippen molar-refractivity contribution in [2.75, 3.05) is 6.79 Å². The summed E-state index contributed by atoms with van der Waals surface area (Å²) in [5.41, 5.74) is 0.576. The van der Waals surface area contributed by atoms with Crippen molar-refractivity contribution >= 4 is 23.6 Å². The molecule has 2 aliphatic heterocycles. The van der Waals surface area contributed by atoms with E-state index in [-0.39, 0.29) is 35.4 Å². The molecule has 0 saturated heterocycles.